The number of para-hydroxylation sites is 1. The number of carbonyl (C=O) groups is 1. The Balaban J connectivity index is 1.69. The smallest absolute Gasteiger partial charge is 0.355 e. The third-order valence-electron chi connectivity index (χ3n) is 8.09. The Labute approximate surface area is 258 Å². The molecule has 6 rings (SSSR count). The molecule has 2 aromatic carbocycles. The van der Waals surface area contributed by atoms with E-state index in [1.165, 1.54) is 36.4 Å². The van der Waals surface area contributed by atoms with E-state index in [1.54, 1.807) is 21.9 Å². The summed E-state index contributed by atoms with van der Waals surface area (Å²) in [5.41, 5.74) is -0.487. The average molecular weight is 638 g/mol. The average Bonchev–Trinajstić information content (AvgIpc) is 3.82. The number of rotatable bonds is 6. The second-order valence-electron chi connectivity index (χ2n) is 11.1. The Morgan fingerprint density at radius 2 is 1.89 bits per heavy atom. The molecule has 2 aliphatic rings. The zero-order valence-electron chi connectivity index (χ0n) is 24.0. The van der Waals surface area contributed by atoms with Gasteiger partial charge in [0.15, 0.2) is 21.3 Å². The van der Waals surface area contributed by atoms with Crippen molar-refractivity contribution >= 4 is 44.2 Å². The monoisotopic (exact) mass is 637 g/mol. The van der Waals surface area contributed by atoms with Crippen LogP contribution in [0.15, 0.2) is 64.8 Å². The molecule has 1 amide bonds. The van der Waals surface area contributed by atoms with Crippen LogP contribution in [0.3, 0.4) is 0 Å². The van der Waals surface area contributed by atoms with Crippen molar-refractivity contribution in [3.8, 4) is 22.7 Å². The van der Waals surface area contributed by atoms with Crippen LogP contribution in [0.2, 0.25) is 5.02 Å². The van der Waals surface area contributed by atoms with Crippen LogP contribution in [-0.2, 0) is 14.6 Å². The van der Waals surface area contributed by atoms with E-state index in [9.17, 15) is 23.1 Å². The predicted molar refractivity (Wildman–Crippen MR) is 166 cm³/mol. The van der Waals surface area contributed by atoms with Gasteiger partial charge in [0, 0.05) is 31.9 Å². The maximum atomic E-state index is 16.0. The van der Waals surface area contributed by atoms with Crippen LogP contribution in [-0.4, -0.2) is 70.8 Å². The third kappa shape index (κ3) is 5.11. The van der Waals surface area contributed by atoms with Crippen LogP contribution in [0.1, 0.15) is 31.2 Å². The molecule has 0 bridgehead atoms. The molecule has 1 aliphatic carbocycles. The van der Waals surface area contributed by atoms with Crippen LogP contribution >= 0.6 is 11.6 Å². The number of carbonyl (C=O) groups excluding carboxylic acids is 1. The molecule has 3 heterocycles. The number of hydrogen-bond donors (Lipinski definition) is 1. The molecule has 1 aliphatic heterocycles. The van der Waals surface area contributed by atoms with E-state index in [-0.39, 0.29) is 73.9 Å². The Kier molecular flexibility index (Phi) is 7.45. The van der Waals surface area contributed by atoms with Gasteiger partial charge in [-0.05, 0) is 61.6 Å². The number of hydrogen-bond acceptors (Lipinski definition) is 8. The van der Waals surface area contributed by atoms with Gasteiger partial charge < -0.3 is 14.9 Å². The van der Waals surface area contributed by atoms with Crippen molar-refractivity contribution in [3.05, 3.63) is 82.0 Å². The number of nitrogens with zero attached hydrogens (tertiary/aromatic N) is 5. The normalized spacial score (nSPS) is 17.2. The van der Waals surface area contributed by atoms with Crippen LogP contribution in [0.5, 0.6) is 5.75 Å². The maximum Gasteiger partial charge on any atom is 0.355 e. The lowest BCUT2D eigenvalue weighted by molar-refractivity contribution is -0.126. The van der Waals surface area contributed by atoms with Crippen LogP contribution in [0.4, 0.5) is 10.2 Å². The standard InChI is InChI=1S/C31H29ClFN5O5S/c1-4-25(40)36-13-14-37(17(2)16-36)29-20-15-22(33)27(26-21(32)8-6-9-23(26)39)34-30(20)38(31(41)35-29)28-19(18-11-12-18)7-5-10-24(28)44(3,42)43/h4-10,15,17-18,39H,1,11-14,16H2,2-3H3/t17-/m0/s1. The first-order chi connectivity index (χ1) is 20.9. The Bertz CT molecular complexity index is 2010. The molecule has 0 spiro atoms. The molecule has 0 unspecified atom stereocenters. The Hall–Kier alpha value is -4.29. The Morgan fingerprint density at radius 3 is 2.52 bits per heavy atom. The largest absolute Gasteiger partial charge is 0.507 e. The highest BCUT2D eigenvalue weighted by Gasteiger charge is 2.34. The number of sulfone groups is 1. The number of piperazine rings is 1. The summed E-state index contributed by atoms with van der Waals surface area (Å²) in [6, 6.07) is 10.00. The summed E-state index contributed by atoms with van der Waals surface area (Å²) in [4.78, 5) is 38.7. The SMILES string of the molecule is C=CC(=O)N1CCN(c2nc(=O)n(-c3c(C4CC4)cccc3S(C)(=O)=O)c3nc(-c4c(O)cccc4Cl)c(F)cc23)[C@@H](C)C1. The zero-order valence-corrected chi connectivity index (χ0v) is 25.6. The van der Waals surface area contributed by atoms with E-state index in [1.807, 2.05) is 6.92 Å². The van der Waals surface area contributed by atoms with Gasteiger partial charge in [0.2, 0.25) is 5.91 Å². The number of pyridine rings is 1. The predicted octanol–water partition coefficient (Wildman–Crippen LogP) is 4.45. The van der Waals surface area contributed by atoms with Gasteiger partial charge in [-0.15, -0.1) is 0 Å². The molecule has 228 valence electrons. The minimum Gasteiger partial charge on any atom is -0.507 e. The van der Waals surface area contributed by atoms with Crippen molar-refractivity contribution in [1.82, 2.24) is 19.4 Å². The fourth-order valence-electron chi connectivity index (χ4n) is 5.85. The number of aromatic hydroxyl groups is 1. The van der Waals surface area contributed by atoms with Crippen molar-refractivity contribution in [2.24, 2.45) is 0 Å². The van der Waals surface area contributed by atoms with Crippen molar-refractivity contribution in [1.29, 1.82) is 0 Å². The molecule has 0 radical (unpaired) electrons. The molecule has 13 heteroatoms. The second kappa shape index (κ2) is 11.0. The Morgan fingerprint density at radius 1 is 1.16 bits per heavy atom. The lowest BCUT2D eigenvalue weighted by atomic mass is 10.1. The zero-order chi connectivity index (χ0) is 31.5. The van der Waals surface area contributed by atoms with E-state index < -0.39 is 21.3 Å². The number of phenols is 1. The highest BCUT2D eigenvalue weighted by molar-refractivity contribution is 7.90. The second-order valence-corrected chi connectivity index (χ2v) is 13.5. The summed E-state index contributed by atoms with van der Waals surface area (Å²) in [5, 5.41) is 10.8. The molecule has 10 nitrogen and oxygen atoms in total. The van der Waals surface area contributed by atoms with Crippen molar-refractivity contribution < 1.29 is 22.7 Å². The lowest BCUT2D eigenvalue weighted by Gasteiger charge is -2.40. The molecule has 4 aromatic rings. The van der Waals surface area contributed by atoms with E-state index in [0.717, 1.165) is 23.7 Å². The summed E-state index contributed by atoms with van der Waals surface area (Å²) in [6.45, 7) is 6.31. The van der Waals surface area contributed by atoms with Gasteiger partial charge in [-0.1, -0.05) is 36.4 Å². The quantitative estimate of drug-likeness (QED) is 0.308. The number of fused-ring (bicyclic) bond motifs is 1. The molecule has 1 atom stereocenters. The first-order valence-corrected chi connectivity index (χ1v) is 16.3. The summed E-state index contributed by atoms with van der Waals surface area (Å²) in [7, 11) is -3.84. The number of amides is 1. The van der Waals surface area contributed by atoms with Crippen molar-refractivity contribution in [2.45, 2.75) is 36.6 Å². The molecular formula is C31H29ClFN5O5S. The lowest BCUT2D eigenvalue weighted by Crippen LogP contribution is -2.54. The van der Waals surface area contributed by atoms with Crippen LogP contribution in [0, 0.1) is 5.82 Å². The van der Waals surface area contributed by atoms with E-state index in [0.29, 0.717) is 18.7 Å². The molecule has 1 saturated heterocycles. The molecule has 1 saturated carbocycles. The van der Waals surface area contributed by atoms with Crippen LogP contribution in [0.25, 0.3) is 28.0 Å². The number of halogens is 2. The van der Waals surface area contributed by atoms with Crippen LogP contribution < -0.4 is 10.6 Å². The summed E-state index contributed by atoms with van der Waals surface area (Å²) in [5.74, 6) is -1.21. The minimum atomic E-state index is -3.84. The van der Waals surface area contributed by atoms with Gasteiger partial charge in [0.25, 0.3) is 0 Å². The number of phenolic OH excluding ortho intramolecular Hbond substituents is 1. The molecule has 44 heavy (non-hydrogen) atoms. The molecule has 1 N–H and O–H groups in total. The van der Waals surface area contributed by atoms with Gasteiger partial charge in [0.05, 0.1) is 26.6 Å². The molecule has 2 aromatic heterocycles. The summed E-state index contributed by atoms with van der Waals surface area (Å²) in [6.07, 6.45) is 3.91. The first-order valence-electron chi connectivity index (χ1n) is 14.0. The summed E-state index contributed by atoms with van der Waals surface area (Å²) >= 11 is 6.38. The van der Waals surface area contributed by atoms with Gasteiger partial charge in [0.1, 0.15) is 17.3 Å². The maximum absolute atomic E-state index is 16.0. The highest BCUT2D eigenvalue weighted by Crippen LogP contribution is 2.45. The van der Waals surface area contributed by atoms with Gasteiger partial charge in [-0.2, -0.15) is 4.98 Å². The third-order valence-corrected chi connectivity index (χ3v) is 9.53. The number of aromatic nitrogens is 3. The van der Waals surface area contributed by atoms with E-state index >= 15 is 4.39 Å². The van der Waals surface area contributed by atoms with Gasteiger partial charge in [-0.25, -0.2) is 27.2 Å². The topological polar surface area (TPSA) is 126 Å². The van der Waals surface area contributed by atoms with Crippen molar-refractivity contribution in [3.63, 3.8) is 0 Å². The van der Waals surface area contributed by atoms with Gasteiger partial charge >= 0.3 is 5.69 Å². The number of anilines is 1. The fraction of sp³-hybridized carbons (Fsp3) is 0.290. The van der Waals surface area contributed by atoms with E-state index in [4.69, 9.17) is 11.6 Å². The first kappa shape index (κ1) is 29.8. The highest BCUT2D eigenvalue weighted by atomic mass is 35.5. The van der Waals surface area contributed by atoms with Crippen molar-refractivity contribution in [2.75, 3.05) is 30.8 Å². The summed E-state index contributed by atoms with van der Waals surface area (Å²) < 4.78 is 43.3. The molecular weight excluding hydrogens is 609 g/mol. The fourth-order valence-corrected chi connectivity index (χ4v) is 7.00. The van der Waals surface area contributed by atoms with Gasteiger partial charge in [-0.3, -0.25) is 4.79 Å². The number of benzene rings is 2. The van der Waals surface area contributed by atoms with E-state index in [2.05, 4.69) is 16.5 Å². The minimum absolute atomic E-state index is 0.0244. The molecule has 2 fully saturated rings.